The van der Waals surface area contributed by atoms with Gasteiger partial charge in [-0.05, 0) is 43.2 Å². The molecule has 3 heterocycles. The summed E-state index contributed by atoms with van der Waals surface area (Å²) in [6, 6.07) is 8.66. The molecule has 0 saturated carbocycles. The van der Waals surface area contributed by atoms with Crippen LogP contribution < -0.4 is 20.9 Å². The van der Waals surface area contributed by atoms with E-state index in [2.05, 4.69) is 20.1 Å². The van der Waals surface area contributed by atoms with Crippen LogP contribution in [-0.2, 0) is 4.79 Å². The summed E-state index contributed by atoms with van der Waals surface area (Å²) >= 11 is 6.28. The smallest absolute Gasteiger partial charge is 0.251 e. The number of anilines is 2. The van der Waals surface area contributed by atoms with Crippen molar-refractivity contribution in [3.8, 4) is 0 Å². The monoisotopic (exact) mass is 484 g/mol. The number of nitrogens with one attached hydrogen (secondary N) is 1. The van der Waals surface area contributed by atoms with Gasteiger partial charge in [0.05, 0.1) is 10.6 Å². The number of hydrogen-bond donors (Lipinski definition) is 2. The van der Waals surface area contributed by atoms with Gasteiger partial charge >= 0.3 is 0 Å². The zero-order valence-corrected chi connectivity index (χ0v) is 19.8. The van der Waals surface area contributed by atoms with Gasteiger partial charge in [0.2, 0.25) is 5.91 Å². The minimum atomic E-state index is -0.576. The summed E-state index contributed by atoms with van der Waals surface area (Å²) in [5, 5.41) is 3.47. The maximum atomic E-state index is 12.6. The molecule has 180 valence electrons. The molecule has 0 aliphatic carbocycles. The van der Waals surface area contributed by atoms with Crippen LogP contribution in [0.1, 0.15) is 40.0 Å². The fraction of sp³-hybridized carbons (Fsp3) is 0.417. The maximum Gasteiger partial charge on any atom is 0.251 e. The molecule has 0 spiro atoms. The van der Waals surface area contributed by atoms with Crippen molar-refractivity contribution in [1.82, 2.24) is 15.2 Å². The van der Waals surface area contributed by atoms with Crippen molar-refractivity contribution in [2.45, 2.75) is 19.3 Å². The van der Waals surface area contributed by atoms with Crippen molar-refractivity contribution in [3.63, 3.8) is 0 Å². The fourth-order valence-electron chi connectivity index (χ4n) is 4.43. The van der Waals surface area contributed by atoms with Crippen LogP contribution in [-0.4, -0.2) is 73.4 Å². The van der Waals surface area contributed by atoms with E-state index in [0.717, 1.165) is 18.8 Å². The third-order valence-electron chi connectivity index (χ3n) is 6.24. The molecule has 9 nitrogen and oxygen atoms in total. The molecule has 1 aromatic heterocycles. The normalized spacial score (nSPS) is 16.1. The van der Waals surface area contributed by atoms with E-state index < -0.39 is 5.91 Å². The summed E-state index contributed by atoms with van der Waals surface area (Å²) < 4.78 is 0. The van der Waals surface area contributed by atoms with Crippen molar-refractivity contribution < 1.29 is 14.4 Å². The first-order valence-corrected chi connectivity index (χ1v) is 11.9. The summed E-state index contributed by atoms with van der Waals surface area (Å²) in [6.45, 7) is 4.59. The molecule has 2 fully saturated rings. The number of halogens is 1. The van der Waals surface area contributed by atoms with Gasteiger partial charge in [-0.3, -0.25) is 14.4 Å². The highest BCUT2D eigenvalue weighted by Gasteiger charge is 2.24. The van der Waals surface area contributed by atoms with Gasteiger partial charge in [-0.2, -0.15) is 0 Å². The first-order chi connectivity index (χ1) is 16.4. The molecule has 2 aliphatic rings. The molecule has 0 atom stereocenters. The minimum Gasteiger partial charge on any atom is -0.367 e. The van der Waals surface area contributed by atoms with Gasteiger partial charge in [0.25, 0.3) is 11.8 Å². The number of nitrogens with two attached hydrogens (primary N) is 1. The second kappa shape index (κ2) is 10.7. The highest BCUT2D eigenvalue weighted by molar-refractivity contribution is 6.32. The Balaban J connectivity index is 1.36. The molecule has 34 heavy (non-hydrogen) atoms. The Morgan fingerprint density at radius 2 is 1.85 bits per heavy atom. The van der Waals surface area contributed by atoms with Crippen LogP contribution in [0.3, 0.4) is 0 Å². The predicted molar refractivity (Wildman–Crippen MR) is 131 cm³/mol. The minimum absolute atomic E-state index is 0.178. The lowest BCUT2D eigenvalue weighted by atomic mass is 10.1. The lowest BCUT2D eigenvalue weighted by Crippen LogP contribution is -2.47. The number of benzene rings is 1. The summed E-state index contributed by atoms with van der Waals surface area (Å²) in [4.78, 5) is 46.9. The van der Waals surface area contributed by atoms with Crippen LogP contribution in [0, 0.1) is 0 Å². The average molecular weight is 485 g/mol. The summed E-state index contributed by atoms with van der Waals surface area (Å²) in [5.74, 6) is 0.0841. The van der Waals surface area contributed by atoms with Gasteiger partial charge < -0.3 is 25.8 Å². The molecule has 0 unspecified atom stereocenters. The van der Waals surface area contributed by atoms with Gasteiger partial charge in [-0.15, -0.1) is 0 Å². The van der Waals surface area contributed by atoms with Gasteiger partial charge in [-0.25, -0.2) is 4.98 Å². The van der Waals surface area contributed by atoms with Crippen LogP contribution in [0.4, 0.5) is 11.5 Å². The number of amides is 3. The predicted octanol–water partition coefficient (Wildman–Crippen LogP) is 1.90. The summed E-state index contributed by atoms with van der Waals surface area (Å²) in [5.41, 5.74) is 7.07. The highest BCUT2D eigenvalue weighted by Crippen LogP contribution is 2.27. The number of likely N-dealkylation sites (tertiary alicyclic amines) is 1. The topological polar surface area (TPSA) is 112 Å². The molecular weight excluding hydrogens is 456 g/mol. The molecular formula is C24H29ClN6O3. The van der Waals surface area contributed by atoms with E-state index in [1.54, 1.807) is 30.5 Å². The Labute approximate surface area is 203 Å². The zero-order valence-electron chi connectivity index (χ0n) is 19.0. The average Bonchev–Trinajstić information content (AvgIpc) is 3.26. The van der Waals surface area contributed by atoms with Gasteiger partial charge in [0.1, 0.15) is 5.82 Å². The van der Waals surface area contributed by atoms with Gasteiger partial charge in [0.15, 0.2) is 0 Å². The second-order valence-corrected chi connectivity index (χ2v) is 8.88. The number of hydrogen-bond acceptors (Lipinski definition) is 6. The van der Waals surface area contributed by atoms with Gasteiger partial charge in [0, 0.05) is 69.7 Å². The maximum absolute atomic E-state index is 12.6. The van der Waals surface area contributed by atoms with Crippen LogP contribution >= 0.6 is 11.6 Å². The van der Waals surface area contributed by atoms with Crippen LogP contribution in [0.2, 0.25) is 5.02 Å². The molecule has 10 heteroatoms. The number of aromatic nitrogens is 1. The van der Waals surface area contributed by atoms with E-state index in [0.29, 0.717) is 73.9 Å². The lowest BCUT2D eigenvalue weighted by molar-refractivity contribution is -0.127. The number of primary amides is 1. The molecule has 3 N–H and O–H groups in total. The van der Waals surface area contributed by atoms with Gasteiger partial charge in [-0.1, -0.05) is 11.6 Å². The first-order valence-electron chi connectivity index (χ1n) is 11.5. The number of nitrogens with zero attached hydrogens (tertiary/aromatic N) is 4. The Morgan fingerprint density at radius 3 is 2.53 bits per heavy atom. The van der Waals surface area contributed by atoms with Crippen molar-refractivity contribution in [2.24, 2.45) is 5.73 Å². The molecule has 0 bridgehead atoms. The van der Waals surface area contributed by atoms with Crippen LogP contribution in [0.25, 0.3) is 0 Å². The fourth-order valence-corrected chi connectivity index (χ4v) is 4.68. The lowest BCUT2D eigenvalue weighted by Gasteiger charge is -2.37. The number of rotatable bonds is 8. The molecule has 4 rings (SSSR count). The number of piperazine rings is 1. The zero-order chi connectivity index (χ0) is 24.1. The largest absolute Gasteiger partial charge is 0.367 e. The van der Waals surface area contributed by atoms with Crippen LogP contribution in [0.5, 0.6) is 0 Å². The molecule has 2 saturated heterocycles. The van der Waals surface area contributed by atoms with E-state index in [-0.39, 0.29) is 11.8 Å². The molecule has 2 aliphatic heterocycles. The number of pyridine rings is 1. The second-order valence-electron chi connectivity index (χ2n) is 8.47. The standard InChI is InChI=1S/C24H29ClN6O3/c25-19-4-1-8-27-23(19)31-14-12-29(13-15-31)20-7-6-17(16-18(20)22(26)33)24(34)28-9-3-11-30-10-2-5-21(30)32/h1,4,6-8,16H,2-3,5,9-15H2,(H2,26,33)(H,28,34). The molecule has 3 amide bonds. The van der Waals surface area contributed by atoms with E-state index in [9.17, 15) is 14.4 Å². The third kappa shape index (κ3) is 5.41. The highest BCUT2D eigenvalue weighted by atomic mass is 35.5. The number of carbonyl (C=O) groups excluding carboxylic acids is 3. The van der Waals surface area contributed by atoms with Crippen molar-refractivity contribution in [2.75, 3.05) is 55.6 Å². The molecule has 2 aromatic rings. The van der Waals surface area contributed by atoms with E-state index >= 15 is 0 Å². The molecule has 1 aromatic carbocycles. The summed E-state index contributed by atoms with van der Waals surface area (Å²) in [6.07, 6.45) is 3.91. The SMILES string of the molecule is NC(=O)c1cc(C(=O)NCCCN2CCCC2=O)ccc1N1CCN(c2ncccc2Cl)CC1. The van der Waals surface area contributed by atoms with Crippen molar-refractivity contribution >= 4 is 40.8 Å². The molecule has 0 radical (unpaired) electrons. The Bertz CT molecular complexity index is 1070. The van der Waals surface area contributed by atoms with E-state index in [1.807, 2.05) is 11.0 Å². The first kappa shape index (κ1) is 23.8. The van der Waals surface area contributed by atoms with E-state index in [4.69, 9.17) is 17.3 Å². The Kier molecular flexibility index (Phi) is 7.52. The van der Waals surface area contributed by atoms with Crippen molar-refractivity contribution in [3.05, 3.63) is 52.7 Å². The summed E-state index contributed by atoms with van der Waals surface area (Å²) in [7, 11) is 0. The van der Waals surface area contributed by atoms with Crippen LogP contribution in [0.15, 0.2) is 36.5 Å². The Hall–Kier alpha value is -3.33. The van der Waals surface area contributed by atoms with Crippen molar-refractivity contribution in [1.29, 1.82) is 0 Å². The third-order valence-corrected chi connectivity index (χ3v) is 6.54. The number of carbonyl (C=O) groups is 3. The Morgan fingerprint density at radius 1 is 1.09 bits per heavy atom. The van der Waals surface area contributed by atoms with E-state index in [1.165, 1.54) is 0 Å². The quantitative estimate of drug-likeness (QED) is 0.553.